The highest BCUT2D eigenvalue weighted by atomic mass is 35.5. The molecule has 0 aliphatic carbocycles. The maximum Gasteiger partial charge on any atom is 0.266 e. The molecule has 1 atom stereocenters. The van der Waals surface area contributed by atoms with Gasteiger partial charge in [-0.1, -0.05) is 0 Å². The minimum atomic E-state index is -0.0662. The van der Waals surface area contributed by atoms with Gasteiger partial charge in [0.05, 0.1) is 0 Å². The summed E-state index contributed by atoms with van der Waals surface area (Å²) in [6.45, 7) is 1.82. The molecule has 5 rings (SSSR count). The smallest absolute Gasteiger partial charge is 0.266 e. The summed E-state index contributed by atoms with van der Waals surface area (Å²) in [5.41, 5.74) is 8.96. The van der Waals surface area contributed by atoms with Crippen LogP contribution in [-0.4, -0.2) is 29.2 Å². The predicted molar refractivity (Wildman–Crippen MR) is 119 cm³/mol. The fraction of sp³-hybridized carbons (Fsp3) is 0.190. The van der Waals surface area contributed by atoms with E-state index in [-0.39, 0.29) is 29.8 Å². The number of nitrogens with zero attached hydrogens (tertiary/aromatic N) is 1. The fourth-order valence-electron chi connectivity index (χ4n) is 3.79. The Morgan fingerprint density at radius 1 is 1.11 bits per heavy atom. The Balaban J connectivity index is 0.00000192. The topological polar surface area (TPSA) is 82.3 Å². The third-order valence-corrected chi connectivity index (χ3v) is 6.40. The molecule has 0 amide bonds. The van der Waals surface area contributed by atoms with Crippen molar-refractivity contribution in [2.45, 2.75) is 12.5 Å². The molecule has 4 aromatic rings. The minimum Gasteiger partial charge on any atom is -0.508 e. The van der Waals surface area contributed by atoms with Crippen LogP contribution in [0, 0.1) is 0 Å². The molecule has 1 aliphatic heterocycles. The maximum absolute atomic E-state index is 12.6. The number of hydrogen-bond acceptors (Lipinski definition) is 5. The van der Waals surface area contributed by atoms with Crippen LogP contribution in [0.5, 0.6) is 5.75 Å². The Bertz CT molecular complexity index is 1220. The molecule has 1 aliphatic rings. The number of fused-ring (bicyclic) bond motifs is 3. The summed E-state index contributed by atoms with van der Waals surface area (Å²) in [5, 5.41) is 11.5. The lowest BCUT2D eigenvalue weighted by Crippen LogP contribution is -2.26. The van der Waals surface area contributed by atoms with E-state index in [4.69, 9.17) is 5.73 Å². The van der Waals surface area contributed by atoms with Crippen molar-refractivity contribution >= 4 is 50.4 Å². The quantitative estimate of drug-likeness (QED) is 0.462. The molecule has 4 N–H and O–H groups in total. The number of anilines is 1. The largest absolute Gasteiger partial charge is 0.508 e. The highest BCUT2D eigenvalue weighted by molar-refractivity contribution is 7.22. The lowest BCUT2D eigenvalue weighted by molar-refractivity contribution is 0.475. The molecule has 0 saturated carbocycles. The van der Waals surface area contributed by atoms with Crippen LogP contribution in [-0.2, 0) is 0 Å². The Morgan fingerprint density at radius 3 is 2.61 bits per heavy atom. The van der Waals surface area contributed by atoms with Gasteiger partial charge in [-0.05, 0) is 60.5 Å². The number of hydrogen-bond donors (Lipinski definition) is 3. The van der Waals surface area contributed by atoms with Gasteiger partial charge in [-0.15, -0.1) is 23.7 Å². The summed E-state index contributed by atoms with van der Waals surface area (Å²) in [6.07, 6.45) is 1.00. The van der Waals surface area contributed by atoms with Gasteiger partial charge < -0.3 is 20.7 Å². The molecule has 1 fully saturated rings. The van der Waals surface area contributed by atoms with E-state index in [9.17, 15) is 9.90 Å². The first kappa shape index (κ1) is 18.8. The van der Waals surface area contributed by atoms with E-state index in [0.29, 0.717) is 0 Å². The van der Waals surface area contributed by atoms with Crippen LogP contribution in [0.1, 0.15) is 6.42 Å². The van der Waals surface area contributed by atoms with Crippen LogP contribution in [0.3, 0.4) is 0 Å². The van der Waals surface area contributed by atoms with E-state index >= 15 is 0 Å². The van der Waals surface area contributed by atoms with Gasteiger partial charge in [0.15, 0.2) is 0 Å². The van der Waals surface area contributed by atoms with Gasteiger partial charge >= 0.3 is 0 Å². The first-order valence-corrected chi connectivity index (χ1v) is 9.80. The highest BCUT2D eigenvalue weighted by Crippen LogP contribution is 2.36. The van der Waals surface area contributed by atoms with Crippen LogP contribution in [0.15, 0.2) is 53.3 Å². The summed E-state index contributed by atoms with van der Waals surface area (Å²) < 4.78 is 0.723. The Labute approximate surface area is 171 Å². The summed E-state index contributed by atoms with van der Waals surface area (Å²) in [5.74, 6) is 0.233. The molecule has 0 bridgehead atoms. The summed E-state index contributed by atoms with van der Waals surface area (Å²) >= 11 is 1.48. The Kier molecular flexibility index (Phi) is 4.79. The van der Waals surface area contributed by atoms with Crippen molar-refractivity contribution in [2.75, 3.05) is 18.0 Å². The Hall–Kier alpha value is -2.54. The molecular weight excluding hydrogens is 394 g/mol. The van der Waals surface area contributed by atoms with Crippen molar-refractivity contribution in [3.8, 4) is 16.2 Å². The number of phenols is 1. The zero-order valence-corrected chi connectivity index (χ0v) is 16.6. The van der Waals surface area contributed by atoms with Crippen molar-refractivity contribution < 1.29 is 5.11 Å². The van der Waals surface area contributed by atoms with Crippen molar-refractivity contribution in [1.29, 1.82) is 0 Å². The second-order valence-electron chi connectivity index (χ2n) is 7.08. The van der Waals surface area contributed by atoms with E-state index in [1.165, 1.54) is 11.3 Å². The number of aromatic hydroxyl groups is 1. The van der Waals surface area contributed by atoms with Crippen molar-refractivity contribution in [1.82, 2.24) is 4.98 Å². The molecule has 3 heterocycles. The number of rotatable bonds is 2. The number of pyridine rings is 1. The average molecular weight is 414 g/mol. The Morgan fingerprint density at radius 2 is 1.89 bits per heavy atom. The molecule has 7 heteroatoms. The standard InChI is InChI=1S/C21H19N3O2S.ClH/c22-13-7-8-24(11-13)14-3-6-18-16(9-14)17-10-19(27-20(17)21(26)23-18)12-1-4-15(25)5-2-12;/h1-6,9-10,13,25H,7-8,11,22H2,(H,23,26);1H/t13-;/m0./s1. The van der Waals surface area contributed by atoms with Crippen LogP contribution >= 0.6 is 23.7 Å². The van der Waals surface area contributed by atoms with Gasteiger partial charge in [0.1, 0.15) is 10.4 Å². The number of aromatic nitrogens is 1. The van der Waals surface area contributed by atoms with Crippen molar-refractivity contribution in [3.05, 3.63) is 58.9 Å². The first-order valence-electron chi connectivity index (χ1n) is 8.98. The van der Waals surface area contributed by atoms with Gasteiger partial charge in [0.2, 0.25) is 0 Å². The fourth-order valence-corrected chi connectivity index (χ4v) is 4.86. The zero-order valence-electron chi connectivity index (χ0n) is 15.0. The first-order chi connectivity index (χ1) is 13.1. The van der Waals surface area contributed by atoms with Crippen molar-refractivity contribution in [3.63, 3.8) is 0 Å². The third kappa shape index (κ3) is 3.13. The van der Waals surface area contributed by atoms with Gasteiger partial charge in [0.25, 0.3) is 5.56 Å². The highest BCUT2D eigenvalue weighted by Gasteiger charge is 2.20. The molecule has 2 aromatic carbocycles. The number of H-pyrrole nitrogens is 1. The lowest BCUT2D eigenvalue weighted by Gasteiger charge is -2.18. The minimum absolute atomic E-state index is 0. The van der Waals surface area contributed by atoms with Crippen LogP contribution in [0.4, 0.5) is 5.69 Å². The monoisotopic (exact) mass is 413 g/mol. The van der Waals surface area contributed by atoms with E-state index in [1.807, 2.05) is 18.2 Å². The molecule has 28 heavy (non-hydrogen) atoms. The van der Waals surface area contributed by atoms with E-state index in [0.717, 1.165) is 56.6 Å². The van der Waals surface area contributed by atoms with Gasteiger partial charge in [-0.25, -0.2) is 0 Å². The van der Waals surface area contributed by atoms with Crippen LogP contribution in [0.2, 0.25) is 0 Å². The molecule has 0 unspecified atom stereocenters. The van der Waals surface area contributed by atoms with Gasteiger partial charge in [0, 0.05) is 46.0 Å². The maximum atomic E-state index is 12.6. The summed E-state index contributed by atoms with van der Waals surface area (Å²) in [4.78, 5) is 18.9. The van der Waals surface area contributed by atoms with E-state index in [2.05, 4.69) is 28.1 Å². The molecule has 144 valence electrons. The second kappa shape index (κ2) is 7.13. The second-order valence-corrected chi connectivity index (χ2v) is 8.13. The molecule has 0 spiro atoms. The van der Waals surface area contributed by atoms with Gasteiger partial charge in [-0.3, -0.25) is 4.79 Å². The number of nitrogens with two attached hydrogens (primary N) is 1. The number of benzene rings is 2. The number of halogens is 1. The number of phenolic OH excluding ortho intramolecular Hbond substituents is 1. The molecule has 0 radical (unpaired) electrons. The van der Waals surface area contributed by atoms with E-state index in [1.54, 1.807) is 12.1 Å². The summed E-state index contributed by atoms with van der Waals surface area (Å²) in [6, 6.07) is 15.5. The number of nitrogens with one attached hydrogen (secondary N) is 1. The number of aromatic amines is 1. The zero-order chi connectivity index (χ0) is 18.5. The van der Waals surface area contributed by atoms with Crippen molar-refractivity contribution in [2.24, 2.45) is 5.73 Å². The van der Waals surface area contributed by atoms with E-state index < -0.39 is 0 Å². The van der Waals surface area contributed by atoms with Gasteiger partial charge in [-0.2, -0.15) is 0 Å². The molecule has 2 aromatic heterocycles. The molecule has 5 nitrogen and oxygen atoms in total. The normalized spacial score (nSPS) is 16.6. The lowest BCUT2D eigenvalue weighted by atomic mass is 10.1. The molecule has 1 saturated heterocycles. The summed E-state index contributed by atoms with van der Waals surface area (Å²) in [7, 11) is 0. The molecular formula is C21H20ClN3O2S. The predicted octanol–water partition coefficient (Wildman–Crippen LogP) is 4.07. The average Bonchev–Trinajstić information content (AvgIpc) is 3.29. The number of thiophene rings is 1. The SMILES string of the molecule is Cl.N[C@H]1CCN(c2ccc3[nH]c(=O)c4sc(-c5ccc(O)cc5)cc4c3c2)C1. The van der Waals surface area contributed by atoms with Crippen LogP contribution < -0.4 is 16.2 Å². The van der Waals surface area contributed by atoms with Crippen LogP contribution in [0.25, 0.3) is 31.4 Å². The third-order valence-electron chi connectivity index (χ3n) is 5.22.